The third kappa shape index (κ3) is 3.95. The van der Waals surface area contributed by atoms with E-state index in [1.165, 1.54) is 33.4 Å². The summed E-state index contributed by atoms with van der Waals surface area (Å²) in [5, 5.41) is 9.73. The molecule has 2 aliphatic rings. The molecule has 0 spiro atoms. The molecule has 184 valence electrons. The van der Waals surface area contributed by atoms with Crippen LogP contribution in [0.4, 0.5) is 0 Å². The van der Waals surface area contributed by atoms with Gasteiger partial charge < -0.3 is 9.84 Å². The number of esters is 1. The molecule has 2 aliphatic carbocycles. The molecule has 4 nitrogen and oxygen atoms in total. The number of fused-ring (bicyclic) bond motifs is 4. The van der Waals surface area contributed by atoms with Crippen molar-refractivity contribution in [2.45, 2.75) is 56.3 Å². The lowest BCUT2D eigenvalue weighted by Crippen LogP contribution is -2.33. The molecule has 0 aromatic heterocycles. The number of ether oxygens (including phenoxy) is 1. The normalized spacial score (nSPS) is 21.4. The predicted molar refractivity (Wildman–Crippen MR) is 140 cm³/mol. The molecule has 0 saturated carbocycles. The first kappa shape index (κ1) is 24.1. The Hall–Kier alpha value is -3.66. The molecule has 0 amide bonds. The van der Waals surface area contributed by atoms with Crippen molar-refractivity contribution in [1.82, 2.24) is 0 Å². The van der Waals surface area contributed by atoms with Crippen LogP contribution in [0.5, 0.6) is 0 Å². The van der Waals surface area contributed by atoms with Crippen LogP contribution < -0.4 is 0 Å². The SMILES string of the molecule is C=C(C)C(=O)OCCCC12Cc3ccccc3C(CCC(=O)O)(Cc3ccccc31)c1ccccc12. The second-order valence-corrected chi connectivity index (χ2v) is 10.3. The highest BCUT2D eigenvalue weighted by Gasteiger charge is 2.50. The van der Waals surface area contributed by atoms with Crippen LogP contribution in [0, 0.1) is 0 Å². The number of carboxylic acid groups (broad SMARTS) is 1. The van der Waals surface area contributed by atoms with Crippen molar-refractivity contribution in [3.8, 4) is 0 Å². The highest BCUT2D eigenvalue weighted by molar-refractivity contribution is 5.86. The number of rotatable bonds is 8. The second-order valence-electron chi connectivity index (χ2n) is 10.3. The van der Waals surface area contributed by atoms with Gasteiger partial charge in [0.2, 0.25) is 0 Å². The number of carbonyl (C=O) groups is 2. The predicted octanol–water partition coefficient (Wildman–Crippen LogP) is 6.14. The Labute approximate surface area is 212 Å². The fraction of sp³-hybridized carbons (Fsp3) is 0.312. The number of aliphatic carboxylic acids is 1. The average Bonchev–Trinajstić information content (AvgIpc) is 3.04. The van der Waals surface area contributed by atoms with Crippen molar-refractivity contribution in [2.24, 2.45) is 0 Å². The highest BCUT2D eigenvalue weighted by atomic mass is 16.5. The Bertz CT molecular complexity index is 1340. The van der Waals surface area contributed by atoms with Crippen LogP contribution in [-0.2, 0) is 38.0 Å². The third-order valence-corrected chi connectivity index (χ3v) is 8.10. The Morgan fingerprint density at radius 2 is 1.28 bits per heavy atom. The van der Waals surface area contributed by atoms with Crippen molar-refractivity contribution >= 4 is 11.9 Å². The van der Waals surface area contributed by atoms with Gasteiger partial charge in [-0.05, 0) is 72.4 Å². The fourth-order valence-electron chi connectivity index (χ4n) is 6.62. The number of hydrogen-bond donors (Lipinski definition) is 1. The summed E-state index contributed by atoms with van der Waals surface area (Å²) in [7, 11) is 0. The van der Waals surface area contributed by atoms with E-state index < -0.39 is 11.4 Å². The molecule has 0 heterocycles. The molecule has 4 heteroatoms. The molecule has 3 aromatic rings. The molecule has 2 atom stereocenters. The Balaban J connectivity index is 1.71. The number of carboxylic acids is 1. The van der Waals surface area contributed by atoms with Gasteiger partial charge in [-0.3, -0.25) is 4.79 Å². The summed E-state index contributed by atoms with van der Waals surface area (Å²) in [6.45, 7) is 5.69. The van der Waals surface area contributed by atoms with Gasteiger partial charge in [0.15, 0.2) is 0 Å². The first-order chi connectivity index (χ1) is 17.4. The summed E-state index contributed by atoms with van der Waals surface area (Å²) < 4.78 is 5.49. The van der Waals surface area contributed by atoms with Crippen molar-refractivity contribution in [2.75, 3.05) is 6.61 Å². The molecule has 2 bridgehead atoms. The van der Waals surface area contributed by atoms with Crippen molar-refractivity contribution < 1.29 is 19.4 Å². The first-order valence-electron chi connectivity index (χ1n) is 12.7. The van der Waals surface area contributed by atoms with E-state index in [9.17, 15) is 14.7 Å². The van der Waals surface area contributed by atoms with Crippen molar-refractivity contribution in [3.63, 3.8) is 0 Å². The van der Waals surface area contributed by atoms with E-state index in [0.717, 1.165) is 19.3 Å². The zero-order chi connectivity index (χ0) is 25.3. The minimum absolute atomic E-state index is 0.106. The second kappa shape index (κ2) is 9.42. The maximum Gasteiger partial charge on any atom is 0.333 e. The standard InChI is InChI=1S/C32H32O4/c1-22(2)30(35)36-19-9-17-31-20-23-10-4-6-13-26(23)32(18-16-29(33)34,28-15-8-7-14-27(28)31)21-24-11-3-5-12-25(24)31/h3-8,10-15H,1,9,16-21H2,2H3,(H,33,34). The summed E-state index contributed by atoms with van der Waals surface area (Å²) >= 11 is 0. The quantitative estimate of drug-likeness (QED) is 0.239. The molecule has 1 N–H and O–H groups in total. The number of hydrogen-bond acceptors (Lipinski definition) is 3. The van der Waals surface area contributed by atoms with Crippen LogP contribution >= 0.6 is 0 Å². The van der Waals surface area contributed by atoms with Gasteiger partial charge >= 0.3 is 11.9 Å². The maximum atomic E-state index is 12.0. The van der Waals surface area contributed by atoms with E-state index in [0.29, 0.717) is 25.0 Å². The average molecular weight is 481 g/mol. The molecule has 5 rings (SSSR count). The van der Waals surface area contributed by atoms with Gasteiger partial charge in [0, 0.05) is 22.8 Å². The Kier molecular flexibility index (Phi) is 6.29. The summed E-state index contributed by atoms with van der Waals surface area (Å²) in [6, 6.07) is 25.8. The molecule has 2 unspecified atom stereocenters. The molecular formula is C32H32O4. The van der Waals surface area contributed by atoms with Gasteiger partial charge in [-0.2, -0.15) is 0 Å². The van der Waals surface area contributed by atoms with Crippen LogP contribution in [0.25, 0.3) is 0 Å². The van der Waals surface area contributed by atoms with E-state index in [4.69, 9.17) is 4.74 Å². The van der Waals surface area contributed by atoms with Crippen LogP contribution in [-0.4, -0.2) is 23.7 Å². The van der Waals surface area contributed by atoms with Gasteiger partial charge in [0.1, 0.15) is 0 Å². The first-order valence-corrected chi connectivity index (χ1v) is 12.7. The van der Waals surface area contributed by atoms with Gasteiger partial charge in [-0.1, -0.05) is 79.4 Å². The van der Waals surface area contributed by atoms with E-state index in [1.807, 2.05) is 0 Å². The zero-order valence-corrected chi connectivity index (χ0v) is 20.8. The monoisotopic (exact) mass is 480 g/mol. The van der Waals surface area contributed by atoms with E-state index in [1.54, 1.807) is 6.92 Å². The molecule has 36 heavy (non-hydrogen) atoms. The minimum Gasteiger partial charge on any atom is -0.481 e. The molecular weight excluding hydrogens is 448 g/mol. The lowest BCUT2D eigenvalue weighted by molar-refractivity contribution is -0.139. The largest absolute Gasteiger partial charge is 0.481 e. The van der Waals surface area contributed by atoms with Gasteiger partial charge in [0.05, 0.1) is 6.61 Å². The van der Waals surface area contributed by atoms with Crippen LogP contribution in [0.1, 0.15) is 66.0 Å². The molecule has 0 aliphatic heterocycles. The third-order valence-electron chi connectivity index (χ3n) is 8.10. The topological polar surface area (TPSA) is 63.6 Å². The Morgan fingerprint density at radius 3 is 1.78 bits per heavy atom. The van der Waals surface area contributed by atoms with Crippen LogP contribution in [0.3, 0.4) is 0 Å². The van der Waals surface area contributed by atoms with Gasteiger partial charge in [-0.25, -0.2) is 4.79 Å². The van der Waals surface area contributed by atoms with E-state index in [-0.39, 0.29) is 17.8 Å². The summed E-state index contributed by atoms with van der Waals surface area (Å²) in [5.74, 6) is -1.13. The molecule has 0 saturated heterocycles. The highest BCUT2D eigenvalue weighted by Crippen LogP contribution is 2.56. The zero-order valence-electron chi connectivity index (χ0n) is 20.8. The molecule has 0 radical (unpaired) electrons. The van der Waals surface area contributed by atoms with Gasteiger partial charge in [0.25, 0.3) is 0 Å². The van der Waals surface area contributed by atoms with Crippen molar-refractivity contribution in [1.29, 1.82) is 0 Å². The van der Waals surface area contributed by atoms with Crippen LogP contribution in [0.15, 0.2) is 84.9 Å². The summed E-state index contributed by atoms with van der Waals surface area (Å²) in [5.41, 5.74) is 7.26. The molecule has 3 aromatic carbocycles. The molecule has 0 fully saturated rings. The lowest BCUT2D eigenvalue weighted by atomic mass is 9.65. The van der Waals surface area contributed by atoms with E-state index >= 15 is 0 Å². The fourth-order valence-corrected chi connectivity index (χ4v) is 6.62. The summed E-state index contributed by atoms with van der Waals surface area (Å²) in [6.07, 6.45) is 3.75. The lowest BCUT2D eigenvalue weighted by Gasteiger charge is -2.38. The Morgan fingerprint density at radius 1 is 0.806 bits per heavy atom. The summed E-state index contributed by atoms with van der Waals surface area (Å²) in [4.78, 5) is 23.9. The van der Waals surface area contributed by atoms with Gasteiger partial charge in [-0.15, -0.1) is 0 Å². The number of benzene rings is 3. The van der Waals surface area contributed by atoms with Crippen molar-refractivity contribution in [3.05, 3.63) is 118 Å². The van der Waals surface area contributed by atoms with Crippen LogP contribution in [0.2, 0.25) is 0 Å². The minimum atomic E-state index is -0.772. The smallest absolute Gasteiger partial charge is 0.333 e. The maximum absolute atomic E-state index is 12.0. The number of carbonyl (C=O) groups excluding carboxylic acids is 1. The van der Waals surface area contributed by atoms with E-state index in [2.05, 4.69) is 79.4 Å².